The summed E-state index contributed by atoms with van der Waals surface area (Å²) in [5, 5.41) is 6.85. The number of nitrogens with one attached hydrogen (secondary N) is 2. The second kappa shape index (κ2) is 7.01. The predicted molar refractivity (Wildman–Crippen MR) is 87.2 cm³/mol. The van der Waals surface area contributed by atoms with Crippen LogP contribution < -0.4 is 15.4 Å². The Hall–Kier alpha value is -1.75. The van der Waals surface area contributed by atoms with Crippen molar-refractivity contribution in [2.45, 2.75) is 51.0 Å². The van der Waals surface area contributed by atoms with E-state index in [1.807, 2.05) is 24.3 Å². The molecule has 2 fully saturated rings. The first-order valence-electron chi connectivity index (χ1n) is 8.12. The van der Waals surface area contributed by atoms with Gasteiger partial charge in [-0.05, 0) is 32.3 Å². The molecule has 2 saturated heterocycles. The Morgan fingerprint density at radius 1 is 1.36 bits per heavy atom. The number of rotatable bonds is 5. The number of nitrogens with zero attached hydrogens (tertiary/aromatic N) is 1. The lowest BCUT2D eigenvalue weighted by atomic mass is 9.96. The number of aliphatic imine (C=N–C) groups is 1. The summed E-state index contributed by atoms with van der Waals surface area (Å²) in [7, 11) is 1.69. The van der Waals surface area contributed by atoms with Crippen molar-refractivity contribution in [3.8, 4) is 5.75 Å². The van der Waals surface area contributed by atoms with Crippen LogP contribution in [-0.2, 0) is 11.3 Å². The van der Waals surface area contributed by atoms with Crippen molar-refractivity contribution in [2.75, 3.05) is 13.7 Å². The van der Waals surface area contributed by atoms with Gasteiger partial charge in [-0.25, -0.2) is 4.99 Å². The van der Waals surface area contributed by atoms with Gasteiger partial charge in [-0.3, -0.25) is 0 Å². The first-order chi connectivity index (χ1) is 10.8. The smallest absolute Gasteiger partial charge is 0.191 e. The monoisotopic (exact) mass is 303 g/mol. The van der Waals surface area contributed by atoms with Crippen LogP contribution in [0, 0.1) is 0 Å². The molecule has 1 aromatic rings. The summed E-state index contributed by atoms with van der Waals surface area (Å²) in [5.74, 6) is 1.74. The van der Waals surface area contributed by atoms with E-state index < -0.39 is 0 Å². The Balaban J connectivity index is 1.65. The molecule has 120 valence electrons. The summed E-state index contributed by atoms with van der Waals surface area (Å²) >= 11 is 0. The molecule has 1 aromatic carbocycles. The number of para-hydroxylation sites is 1. The molecule has 2 aliphatic heterocycles. The van der Waals surface area contributed by atoms with Gasteiger partial charge in [-0.2, -0.15) is 0 Å². The fourth-order valence-corrected chi connectivity index (χ4v) is 3.28. The van der Waals surface area contributed by atoms with Crippen LogP contribution in [0.3, 0.4) is 0 Å². The van der Waals surface area contributed by atoms with Gasteiger partial charge in [0.15, 0.2) is 5.96 Å². The van der Waals surface area contributed by atoms with Crippen molar-refractivity contribution >= 4 is 5.96 Å². The predicted octanol–water partition coefficient (Wildman–Crippen LogP) is 2.07. The van der Waals surface area contributed by atoms with Crippen LogP contribution in [0.1, 0.15) is 31.7 Å². The Labute approximate surface area is 132 Å². The average Bonchev–Trinajstić information content (AvgIpc) is 3.16. The summed E-state index contributed by atoms with van der Waals surface area (Å²) in [6, 6.07) is 8.38. The maximum Gasteiger partial charge on any atom is 0.191 e. The Morgan fingerprint density at radius 2 is 2.23 bits per heavy atom. The molecule has 3 rings (SSSR count). The van der Waals surface area contributed by atoms with E-state index in [0.29, 0.717) is 24.8 Å². The number of hydrogen-bond donors (Lipinski definition) is 2. The molecule has 0 saturated carbocycles. The van der Waals surface area contributed by atoms with Crippen LogP contribution in [0.2, 0.25) is 0 Å². The lowest BCUT2D eigenvalue weighted by Gasteiger charge is -2.22. The molecule has 2 aliphatic rings. The van der Waals surface area contributed by atoms with E-state index in [9.17, 15) is 0 Å². The zero-order valence-corrected chi connectivity index (χ0v) is 13.3. The minimum atomic E-state index is 0.347. The summed E-state index contributed by atoms with van der Waals surface area (Å²) in [6.45, 7) is 3.53. The van der Waals surface area contributed by atoms with E-state index in [1.165, 1.54) is 6.42 Å². The number of ether oxygens (including phenoxy) is 2. The fraction of sp³-hybridized carbons (Fsp3) is 0.588. The number of methoxy groups -OCH3 is 1. The highest BCUT2D eigenvalue weighted by Gasteiger charge is 2.41. The number of benzene rings is 1. The summed E-state index contributed by atoms with van der Waals surface area (Å²) in [5.41, 5.74) is 1.09. The molecule has 3 atom stereocenters. The third-order valence-electron chi connectivity index (χ3n) is 4.37. The molecule has 22 heavy (non-hydrogen) atoms. The Morgan fingerprint density at radius 3 is 2.91 bits per heavy atom. The van der Waals surface area contributed by atoms with E-state index in [4.69, 9.17) is 14.5 Å². The second-order valence-electron chi connectivity index (χ2n) is 5.87. The van der Waals surface area contributed by atoms with Crippen molar-refractivity contribution in [1.29, 1.82) is 0 Å². The summed E-state index contributed by atoms with van der Waals surface area (Å²) in [4.78, 5) is 4.70. The summed E-state index contributed by atoms with van der Waals surface area (Å²) < 4.78 is 11.3. The van der Waals surface area contributed by atoms with Gasteiger partial charge >= 0.3 is 0 Å². The lowest BCUT2D eigenvalue weighted by Crippen LogP contribution is -2.47. The highest BCUT2D eigenvalue weighted by Crippen LogP contribution is 2.34. The third kappa shape index (κ3) is 3.35. The molecule has 2 bridgehead atoms. The van der Waals surface area contributed by atoms with Crippen LogP contribution in [-0.4, -0.2) is 37.9 Å². The third-order valence-corrected chi connectivity index (χ3v) is 4.37. The molecule has 2 N–H and O–H groups in total. The largest absolute Gasteiger partial charge is 0.496 e. The van der Waals surface area contributed by atoms with Crippen LogP contribution >= 0.6 is 0 Å². The van der Waals surface area contributed by atoms with E-state index in [1.54, 1.807) is 7.11 Å². The van der Waals surface area contributed by atoms with Gasteiger partial charge in [0, 0.05) is 12.1 Å². The normalized spacial score (nSPS) is 27.0. The van der Waals surface area contributed by atoms with Gasteiger partial charge in [0.05, 0.1) is 31.9 Å². The van der Waals surface area contributed by atoms with E-state index >= 15 is 0 Å². The molecule has 0 spiro atoms. The molecule has 5 nitrogen and oxygen atoms in total. The molecular weight excluding hydrogens is 278 g/mol. The van der Waals surface area contributed by atoms with E-state index in [2.05, 4.69) is 17.6 Å². The van der Waals surface area contributed by atoms with E-state index in [0.717, 1.165) is 36.7 Å². The van der Waals surface area contributed by atoms with Crippen molar-refractivity contribution in [3.63, 3.8) is 0 Å². The standard InChI is InChI=1S/C17H25N3O2/c1-3-18-17(20-14-10-13-8-9-16(14)22-13)19-11-12-6-4-5-7-15(12)21-2/h4-7,13-14,16H,3,8-11H2,1-2H3,(H2,18,19,20). The van der Waals surface area contributed by atoms with Gasteiger partial charge < -0.3 is 20.1 Å². The molecule has 0 aliphatic carbocycles. The minimum Gasteiger partial charge on any atom is -0.496 e. The van der Waals surface area contributed by atoms with Gasteiger partial charge in [-0.15, -0.1) is 0 Å². The van der Waals surface area contributed by atoms with Crippen LogP contribution in [0.5, 0.6) is 5.75 Å². The molecule has 5 heteroatoms. The molecule has 0 radical (unpaired) electrons. The van der Waals surface area contributed by atoms with Gasteiger partial charge in [0.2, 0.25) is 0 Å². The van der Waals surface area contributed by atoms with Crippen LogP contribution in [0.15, 0.2) is 29.3 Å². The molecular formula is C17H25N3O2. The van der Waals surface area contributed by atoms with Gasteiger partial charge in [0.25, 0.3) is 0 Å². The zero-order valence-electron chi connectivity index (χ0n) is 13.3. The zero-order chi connectivity index (χ0) is 15.4. The molecule has 0 aromatic heterocycles. The van der Waals surface area contributed by atoms with Crippen molar-refractivity contribution in [1.82, 2.24) is 10.6 Å². The maximum atomic E-state index is 5.90. The van der Waals surface area contributed by atoms with Gasteiger partial charge in [0.1, 0.15) is 5.75 Å². The quantitative estimate of drug-likeness (QED) is 0.646. The number of hydrogen-bond acceptors (Lipinski definition) is 3. The fourth-order valence-electron chi connectivity index (χ4n) is 3.28. The first-order valence-corrected chi connectivity index (χ1v) is 8.12. The maximum absolute atomic E-state index is 5.90. The highest BCUT2D eigenvalue weighted by molar-refractivity contribution is 5.80. The van der Waals surface area contributed by atoms with E-state index in [-0.39, 0.29) is 0 Å². The Kier molecular flexibility index (Phi) is 4.83. The molecule has 2 heterocycles. The van der Waals surface area contributed by atoms with Crippen LogP contribution in [0.4, 0.5) is 0 Å². The SMILES string of the molecule is CCNC(=NCc1ccccc1OC)NC1CC2CCC1O2. The lowest BCUT2D eigenvalue weighted by molar-refractivity contribution is 0.0992. The van der Waals surface area contributed by atoms with Crippen molar-refractivity contribution < 1.29 is 9.47 Å². The first kappa shape index (κ1) is 15.2. The molecule has 3 unspecified atom stereocenters. The average molecular weight is 303 g/mol. The van der Waals surface area contributed by atoms with Gasteiger partial charge in [-0.1, -0.05) is 18.2 Å². The number of fused-ring (bicyclic) bond motifs is 2. The number of guanidine groups is 1. The second-order valence-corrected chi connectivity index (χ2v) is 5.87. The summed E-state index contributed by atoms with van der Waals surface area (Å²) in [6.07, 6.45) is 4.25. The topological polar surface area (TPSA) is 54.9 Å². The Bertz CT molecular complexity index is 532. The van der Waals surface area contributed by atoms with Crippen molar-refractivity contribution in [2.24, 2.45) is 4.99 Å². The van der Waals surface area contributed by atoms with Crippen LogP contribution in [0.25, 0.3) is 0 Å². The van der Waals surface area contributed by atoms with Crippen molar-refractivity contribution in [3.05, 3.63) is 29.8 Å². The minimum absolute atomic E-state index is 0.347. The molecule has 0 amide bonds. The highest BCUT2D eigenvalue weighted by atomic mass is 16.5.